The summed E-state index contributed by atoms with van der Waals surface area (Å²) in [4.78, 5) is 2.03. The Morgan fingerprint density at radius 1 is 1.38 bits per heavy atom. The zero-order valence-corrected chi connectivity index (χ0v) is 10.7. The molecular formula is C11H12BrN3O. The Hall–Kier alpha value is -1.49. The van der Waals surface area contributed by atoms with Gasteiger partial charge in [-0.2, -0.15) is 0 Å². The normalized spacial score (nSPS) is 10.4. The fourth-order valence-electron chi connectivity index (χ4n) is 1.50. The van der Waals surface area contributed by atoms with Gasteiger partial charge >= 0.3 is 0 Å². The van der Waals surface area contributed by atoms with Gasteiger partial charge in [-0.3, -0.25) is 0 Å². The molecule has 0 saturated carbocycles. The maximum Gasteiger partial charge on any atom is 0.229 e. The molecule has 0 saturated heterocycles. The number of hydrogen-bond acceptors (Lipinski definition) is 4. The summed E-state index contributed by atoms with van der Waals surface area (Å²) >= 11 is 3.52. The second-order valence-electron chi connectivity index (χ2n) is 3.66. The highest BCUT2D eigenvalue weighted by Gasteiger charge is 2.09. The van der Waals surface area contributed by atoms with Crippen molar-refractivity contribution in [1.29, 1.82) is 0 Å². The molecule has 5 heteroatoms. The van der Waals surface area contributed by atoms with Crippen molar-refractivity contribution in [2.75, 3.05) is 24.7 Å². The summed E-state index contributed by atoms with van der Waals surface area (Å²) in [6.45, 7) is 0. The summed E-state index contributed by atoms with van der Waals surface area (Å²) in [5.74, 6) is 0.338. The Kier molecular flexibility index (Phi) is 2.87. The molecule has 0 bridgehead atoms. The third kappa shape index (κ3) is 1.90. The quantitative estimate of drug-likeness (QED) is 0.920. The SMILES string of the molecule is CN(C)c1ccc(-c2cnoc2N)cc1Br. The van der Waals surface area contributed by atoms with Crippen LogP contribution in [0.25, 0.3) is 11.1 Å². The number of rotatable bonds is 2. The van der Waals surface area contributed by atoms with Crippen molar-refractivity contribution in [3.05, 3.63) is 28.9 Å². The van der Waals surface area contributed by atoms with Crippen LogP contribution in [0.4, 0.5) is 11.6 Å². The maximum absolute atomic E-state index is 5.67. The van der Waals surface area contributed by atoms with Crippen molar-refractivity contribution >= 4 is 27.5 Å². The van der Waals surface area contributed by atoms with Gasteiger partial charge < -0.3 is 15.2 Å². The Balaban J connectivity index is 2.46. The second kappa shape index (κ2) is 4.17. The van der Waals surface area contributed by atoms with E-state index in [1.54, 1.807) is 6.20 Å². The highest BCUT2D eigenvalue weighted by atomic mass is 79.9. The van der Waals surface area contributed by atoms with E-state index in [1.807, 2.05) is 37.2 Å². The lowest BCUT2D eigenvalue weighted by molar-refractivity contribution is 0.436. The van der Waals surface area contributed by atoms with Crippen molar-refractivity contribution in [2.24, 2.45) is 0 Å². The average Bonchev–Trinajstić information content (AvgIpc) is 2.63. The molecule has 0 aliphatic heterocycles. The lowest BCUT2D eigenvalue weighted by Gasteiger charge is -2.15. The van der Waals surface area contributed by atoms with E-state index in [4.69, 9.17) is 10.3 Å². The first-order valence-electron chi connectivity index (χ1n) is 4.77. The Morgan fingerprint density at radius 3 is 2.62 bits per heavy atom. The minimum atomic E-state index is 0.338. The molecule has 0 radical (unpaired) electrons. The largest absolute Gasteiger partial charge is 0.377 e. The van der Waals surface area contributed by atoms with Crippen molar-refractivity contribution < 1.29 is 4.52 Å². The van der Waals surface area contributed by atoms with Gasteiger partial charge in [0.05, 0.1) is 17.4 Å². The van der Waals surface area contributed by atoms with Crippen molar-refractivity contribution in [3.63, 3.8) is 0 Å². The molecular weight excluding hydrogens is 270 g/mol. The lowest BCUT2D eigenvalue weighted by atomic mass is 10.1. The van der Waals surface area contributed by atoms with Crippen molar-refractivity contribution in [3.8, 4) is 11.1 Å². The molecule has 0 unspecified atom stereocenters. The standard InChI is InChI=1S/C11H12BrN3O/c1-15(2)10-4-3-7(5-9(10)12)8-6-14-16-11(8)13/h3-6H,13H2,1-2H3. The van der Waals surface area contributed by atoms with E-state index >= 15 is 0 Å². The number of aromatic nitrogens is 1. The van der Waals surface area contributed by atoms with E-state index in [-0.39, 0.29) is 0 Å². The average molecular weight is 282 g/mol. The third-order valence-corrected chi connectivity index (χ3v) is 2.97. The van der Waals surface area contributed by atoms with Gasteiger partial charge in [0, 0.05) is 18.6 Å². The number of anilines is 2. The summed E-state index contributed by atoms with van der Waals surface area (Å²) < 4.78 is 5.85. The molecule has 1 aromatic heterocycles. The topological polar surface area (TPSA) is 55.3 Å². The molecule has 84 valence electrons. The van der Waals surface area contributed by atoms with Crippen LogP contribution in [-0.2, 0) is 0 Å². The summed E-state index contributed by atoms with van der Waals surface area (Å²) in [6, 6.07) is 6.01. The molecule has 16 heavy (non-hydrogen) atoms. The van der Waals surface area contributed by atoms with Gasteiger partial charge in [-0.15, -0.1) is 0 Å². The fourth-order valence-corrected chi connectivity index (χ4v) is 2.24. The maximum atomic E-state index is 5.67. The van der Waals surface area contributed by atoms with Crippen LogP contribution < -0.4 is 10.6 Å². The Bertz CT molecular complexity index is 508. The van der Waals surface area contributed by atoms with Gasteiger partial charge in [0.15, 0.2) is 0 Å². The van der Waals surface area contributed by atoms with Gasteiger partial charge in [-0.05, 0) is 33.6 Å². The predicted octanol–water partition coefficient (Wildman–Crippen LogP) is 2.75. The van der Waals surface area contributed by atoms with Gasteiger partial charge in [0.2, 0.25) is 5.88 Å². The molecule has 4 nitrogen and oxygen atoms in total. The number of nitrogen functional groups attached to an aromatic ring is 1. The minimum absolute atomic E-state index is 0.338. The van der Waals surface area contributed by atoms with Crippen LogP contribution in [-0.4, -0.2) is 19.3 Å². The molecule has 2 N–H and O–H groups in total. The number of nitrogens with zero attached hydrogens (tertiary/aromatic N) is 2. The molecule has 0 amide bonds. The molecule has 0 aliphatic carbocycles. The number of nitrogens with two attached hydrogens (primary N) is 1. The molecule has 0 spiro atoms. The summed E-state index contributed by atoms with van der Waals surface area (Å²) in [6.07, 6.45) is 1.62. The van der Waals surface area contributed by atoms with Crippen LogP contribution in [0.3, 0.4) is 0 Å². The van der Waals surface area contributed by atoms with Gasteiger partial charge in [0.25, 0.3) is 0 Å². The minimum Gasteiger partial charge on any atom is -0.377 e. The summed E-state index contributed by atoms with van der Waals surface area (Å²) in [5.41, 5.74) is 8.57. The number of halogens is 1. The van der Waals surface area contributed by atoms with Crippen molar-refractivity contribution in [2.45, 2.75) is 0 Å². The van der Waals surface area contributed by atoms with E-state index in [9.17, 15) is 0 Å². The molecule has 0 fully saturated rings. The van der Waals surface area contributed by atoms with E-state index in [1.165, 1.54) is 0 Å². The predicted molar refractivity (Wildman–Crippen MR) is 68.4 cm³/mol. The van der Waals surface area contributed by atoms with Crippen LogP contribution >= 0.6 is 15.9 Å². The van der Waals surface area contributed by atoms with E-state index in [0.717, 1.165) is 21.3 Å². The second-order valence-corrected chi connectivity index (χ2v) is 4.52. The van der Waals surface area contributed by atoms with Crippen LogP contribution in [0.15, 0.2) is 33.4 Å². The highest BCUT2D eigenvalue weighted by Crippen LogP contribution is 2.32. The highest BCUT2D eigenvalue weighted by molar-refractivity contribution is 9.10. The van der Waals surface area contributed by atoms with Crippen molar-refractivity contribution in [1.82, 2.24) is 5.16 Å². The first kappa shape index (κ1) is 11.0. The monoisotopic (exact) mass is 281 g/mol. The van der Waals surface area contributed by atoms with Crippen LogP contribution in [0.5, 0.6) is 0 Å². The molecule has 1 aromatic carbocycles. The van der Waals surface area contributed by atoms with Crippen LogP contribution in [0.2, 0.25) is 0 Å². The summed E-state index contributed by atoms with van der Waals surface area (Å²) in [5, 5.41) is 3.66. The Morgan fingerprint density at radius 2 is 2.12 bits per heavy atom. The fraction of sp³-hybridized carbons (Fsp3) is 0.182. The van der Waals surface area contributed by atoms with Crippen LogP contribution in [0, 0.1) is 0 Å². The van der Waals surface area contributed by atoms with E-state index in [2.05, 4.69) is 21.1 Å². The van der Waals surface area contributed by atoms with Crippen LogP contribution in [0.1, 0.15) is 0 Å². The first-order valence-corrected chi connectivity index (χ1v) is 5.56. The number of benzene rings is 1. The lowest BCUT2D eigenvalue weighted by Crippen LogP contribution is -2.09. The molecule has 1 heterocycles. The number of hydrogen-bond donors (Lipinski definition) is 1. The zero-order valence-electron chi connectivity index (χ0n) is 9.07. The zero-order chi connectivity index (χ0) is 11.7. The van der Waals surface area contributed by atoms with Gasteiger partial charge in [-0.1, -0.05) is 11.2 Å². The first-order chi connectivity index (χ1) is 7.59. The molecule has 2 rings (SSSR count). The Labute approximate surface area is 102 Å². The van der Waals surface area contributed by atoms with E-state index < -0.39 is 0 Å². The van der Waals surface area contributed by atoms with Gasteiger partial charge in [-0.25, -0.2) is 0 Å². The third-order valence-electron chi connectivity index (χ3n) is 2.34. The molecule has 0 aliphatic rings. The van der Waals surface area contributed by atoms with Gasteiger partial charge in [0.1, 0.15) is 0 Å². The summed E-state index contributed by atoms with van der Waals surface area (Å²) in [7, 11) is 3.99. The molecule has 2 aromatic rings. The smallest absolute Gasteiger partial charge is 0.229 e. The van der Waals surface area contributed by atoms with E-state index in [0.29, 0.717) is 5.88 Å². The molecule has 0 atom stereocenters.